The summed E-state index contributed by atoms with van der Waals surface area (Å²) in [6, 6.07) is 9.75. The number of piperidine rings is 1. The van der Waals surface area contributed by atoms with E-state index in [0.29, 0.717) is 43.2 Å². The predicted octanol–water partition coefficient (Wildman–Crippen LogP) is 3.47. The van der Waals surface area contributed by atoms with Crippen LogP contribution in [-0.4, -0.2) is 58.5 Å². The second kappa shape index (κ2) is 10.2. The van der Waals surface area contributed by atoms with Crippen LogP contribution in [0.15, 0.2) is 41.3 Å². The highest BCUT2D eigenvalue weighted by Crippen LogP contribution is 2.33. The number of sulfonamides is 1. The number of ether oxygens (including phenoxy) is 2. The average molecular weight is 464 g/mol. The highest BCUT2D eigenvalue weighted by atomic mass is 32.2. The summed E-state index contributed by atoms with van der Waals surface area (Å²) in [7, 11) is 1.14. The van der Waals surface area contributed by atoms with Gasteiger partial charge in [0, 0.05) is 32.7 Å². The number of nitro benzene ring substituents is 1. The molecule has 0 radical (unpaired) electrons. The number of hydrogen-bond donors (Lipinski definition) is 0. The lowest BCUT2D eigenvalue weighted by Crippen LogP contribution is -2.35. The SMILES string of the molecule is COc1ccc(CCN(C)c2ccc(S(=O)(=O)N3CCCCC3)cc2[N+](=O)[O-])cc1OC. The largest absolute Gasteiger partial charge is 0.493 e. The van der Waals surface area contributed by atoms with E-state index >= 15 is 0 Å². The first kappa shape index (κ1) is 23.8. The van der Waals surface area contributed by atoms with Crippen LogP contribution in [0.1, 0.15) is 24.8 Å². The first-order valence-electron chi connectivity index (χ1n) is 10.5. The minimum atomic E-state index is -3.75. The van der Waals surface area contributed by atoms with Crippen LogP contribution in [0.4, 0.5) is 11.4 Å². The fraction of sp³-hybridized carbons (Fsp3) is 0.455. The van der Waals surface area contributed by atoms with Crippen molar-refractivity contribution in [1.29, 1.82) is 0 Å². The van der Waals surface area contributed by atoms with Gasteiger partial charge in [-0.3, -0.25) is 10.1 Å². The summed E-state index contributed by atoms with van der Waals surface area (Å²) in [5.41, 5.74) is 1.13. The van der Waals surface area contributed by atoms with Crippen LogP contribution < -0.4 is 14.4 Å². The van der Waals surface area contributed by atoms with Gasteiger partial charge in [-0.25, -0.2) is 8.42 Å². The predicted molar refractivity (Wildman–Crippen MR) is 122 cm³/mol. The molecule has 1 fully saturated rings. The van der Waals surface area contributed by atoms with Gasteiger partial charge in [0.05, 0.1) is 24.0 Å². The van der Waals surface area contributed by atoms with Crippen molar-refractivity contribution < 1.29 is 22.8 Å². The third-order valence-corrected chi connectivity index (χ3v) is 7.59. The fourth-order valence-electron chi connectivity index (χ4n) is 3.84. The minimum Gasteiger partial charge on any atom is -0.493 e. The lowest BCUT2D eigenvalue weighted by atomic mass is 10.1. The Bertz CT molecular complexity index is 1070. The molecule has 3 rings (SSSR count). The van der Waals surface area contributed by atoms with E-state index in [2.05, 4.69) is 0 Å². The molecule has 0 saturated carbocycles. The Morgan fingerprint density at radius 2 is 1.72 bits per heavy atom. The minimum absolute atomic E-state index is 0.0388. The summed E-state index contributed by atoms with van der Waals surface area (Å²) in [4.78, 5) is 12.9. The van der Waals surface area contributed by atoms with E-state index in [1.165, 1.54) is 22.5 Å². The van der Waals surface area contributed by atoms with Crippen LogP contribution in [0.5, 0.6) is 11.5 Å². The molecule has 0 amide bonds. The van der Waals surface area contributed by atoms with Crippen LogP contribution in [0.3, 0.4) is 0 Å². The monoisotopic (exact) mass is 463 g/mol. The molecule has 0 aromatic heterocycles. The molecule has 10 heteroatoms. The first-order valence-corrected chi connectivity index (χ1v) is 11.9. The summed E-state index contributed by atoms with van der Waals surface area (Å²) in [5.74, 6) is 1.25. The smallest absolute Gasteiger partial charge is 0.293 e. The van der Waals surface area contributed by atoms with Gasteiger partial charge in [-0.15, -0.1) is 0 Å². The molecule has 32 heavy (non-hydrogen) atoms. The van der Waals surface area contributed by atoms with Crippen molar-refractivity contribution in [3.8, 4) is 11.5 Å². The van der Waals surface area contributed by atoms with Gasteiger partial charge in [-0.2, -0.15) is 4.31 Å². The van der Waals surface area contributed by atoms with Gasteiger partial charge in [0.1, 0.15) is 5.69 Å². The molecule has 1 saturated heterocycles. The van der Waals surface area contributed by atoms with Crippen LogP contribution in [0.2, 0.25) is 0 Å². The number of anilines is 1. The zero-order chi connectivity index (χ0) is 23.3. The summed E-state index contributed by atoms with van der Waals surface area (Å²) in [6.07, 6.45) is 3.22. The van der Waals surface area contributed by atoms with Crippen LogP contribution in [-0.2, 0) is 16.4 Å². The van der Waals surface area contributed by atoms with Crippen LogP contribution in [0.25, 0.3) is 0 Å². The Morgan fingerprint density at radius 1 is 1.03 bits per heavy atom. The highest BCUT2D eigenvalue weighted by Gasteiger charge is 2.29. The molecule has 1 heterocycles. The van der Waals surface area contributed by atoms with E-state index in [0.717, 1.165) is 24.8 Å². The molecule has 174 valence electrons. The van der Waals surface area contributed by atoms with Crippen molar-refractivity contribution in [3.63, 3.8) is 0 Å². The zero-order valence-corrected chi connectivity index (χ0v) is 19.4. The molecular weight excluding hydrogens is 434 g/mol. The molecular formula is C22H29N3O6S. The van der Waals surface area contributed by atoms with Gasteiger partial charge in [-0.05, 0) is 49.1 Å². The van der Waals surface area contributed by atoms with Crippen molar-refractivity contribution in [2.24, 2.45) is 0 Å². The molecule has 9 nitrogen and oxygen atoms in total. The Labute approximate surface area is 188 Å². The third-order valence-electron chi connectivity index (χ3n) is 5.69. The maximum absolute atomic E-state index is 12.9. The van der Waals surface area contributed by atoms with E-state index in [1.54, 1.807) is 26.2 Å². The molecule has 0 spiro atoms. The van der Waals surface area contributed by atoms with E-state index in [4.69, 9.17) is 9.47 Å². The van der Waals surface area contributed by atoms with Crippen molar-refractivity contribution in [1.82, 2.24) is 4.31 Å². The molecule has 2 aromatic rings. The standard InChI is InChI=1S/C22H29N3O6S/c1-23(14-11-17-7-10-21(30-2)22(15-17)31-3)19-9-8-18(16-20(19)25(26)27)32(28,29)24-12-5-4-6-13-24/h7-10,15-16H,4-6,11-14H2,1-3H3. The molecule has 0 unspecified atom stereocenters. The summed E-state index contributed by atoms with van der Waals surface area (Å²) in [6.45, 7) is 1.39. The van der Waals surface area contributed by atoms with Crippen LogP contribution >= 0.6 is 0 Å². The van der Waals surface area contributed by atoms with Crippen molar-refractivity contribution in [2.75, 3.05) is 45.8 Å². The second-order valence-electron chi connectivity index (χ2n) is 7.73. The highest BCUT2D eigenvalue weighted by molar-refractivity contribution is 7.89. The molecule has 0 bridgehead atoms. The third kappa shape index (κ3) is 5.13. The second-order valence-corrected chi connectivity index (χ2v) is 9.67. The van der Waals surface area contributed by atoms with Gasteiger partial charge in [0.25, 0.3) is 5.69 Å². The van der Waals surface area contributed by atoms with Gasteiger partial charge < -0.3 is 14.4 Å². The Balaban J connectivity index is 1.80. The first-order chi connectivity index (χ1) is 15.3. The summed E-state index contributed by atoms with van der Waals surface area (Å²) in [5, 5.41) is 11.7. The maximum Gasteiger partial charge on any atom is 0.293 e. The van der Waals surface area contributed by atoms with E-state index < -0.39 is 14.9 Å². The number of rotatable bonds is 9. The number of hydrogen-bond acceptors (Lipinski definition) is 7. The van der Waals surface area contributed by atoms with Gasteiger partial charge in [0.15, 0.2) is 11.5 Å². The fourth-order valence-corrected chi connectivity index (χ4v) is 5.38. The van der Waals surface area contributed by atoms with Crippen molar-refractivity contribution in [2.45, 2.75) is 30.6 Å². The number of nitrogens with zero attached hydrogens (tertiary/aromatic N) is 3. The quantitative estimate of drug-likeness (QED) is 0.414. The van der Waals surface area contributed by atoms with E-state index in [-0.39, 0.29) is 10.6 Å². The Morgan fingerprint density at radius 3 is 2.34 bits per heavy atom. The van der Waals surface area contributed by atoms with E-state index in [9.17, 15) is 18.5 Å². The van der Waals surface area contributed by atoms with E-state index in [1.807, 2.05) is 18.2 Å². The average Bonchev–Trinajstić information content (AvgIpc) is 2.82. The molecule has 0 aliphatic carbocycles. The molecule has 2 aromatic carbocycles. The molecule has 0 N–H and O–H groups in total. The van der Waals surface area contributed by atoms with Crippen molar-refractivity contribution in [3.05, 3.63) is 52.1 Å². The van der Waals surface area contributed by atoms with Crippen molar-refractivity contribution >= 4 is 21.4 Å². The number of likely N-dealkylation sites (N-methyl/N-ethyl adjacent to an activating group) is 1. The Kier molecular flexibility index (Phi) is 7.57. The Hall–Kier alpha value is -2.85. The molecule has 1 aliphatic heterocycles. The van der Waals surface area contributed by atoms with Gasteiger partial charge in [0.2, 0.25) is 10.0 Å². The topological polar surface area (TPSA) is 102 Å². The molecule has 1 aliphatic rings. The maximum atomic E-state index is 12.9. The molecule has 0 atom stereocenters. The normalized spacial score (nSPS) is 14.7. The van der Waals surface area contributed by atoms with Gasteiger partial charge in [-0.1, -0.05) is 12.5 Å². The summed E-state index contributed by atoms with van der Waals surface area (Å²) < 4.78 is 37.9. The number of benzene rings is 2. The number of methoxy groups -OCH3 is 2. The van der Waals surface area contributed by atoms with Crippen LogP contribution in [0, 0.1) is 10.1 Å². The lowest BCUT2D eigenvalue weighted by Gasteiger charge is -2.26. The lowest BCUT2D eigenvalue weighted by molar-refractivity contribution is -0.384. The number of nitro groups is 1. The summed E-state index contributed by atoms with van der Waals surface area (Å²) >= 11 is 0. The van der Waals surface area contributed by atoms with Gasteiger partial charge >= 0.3 is 0 Å². The zero-order valence-electron chi connectivity index (χ0n) is 18.6.